The Bertz CT molecular complexity index is 551. The van der Waals surface area contributed by atoms with Crippen LogP contribution in [0.4, 0.5) is 13.2 Å². The van der Waals surface area contributed by atoms with Crippen molar-refractivity contribution in [1.82, 2.24) is 0 Å². The van der Waals surface area contributed by atoms with Crippen molar-refractivity contribution in [3.8, 4) is 0 Å². The van der Waals surface area contributed by atoms with Crippen molar-refractivity contribution in [2.75, 3.05) is 0 Å². The molecule has 0 aliphatic rings. The van der Waals surface area contributed by atoms with Crippen LogP contribution in [0.1, 0.15) is 22.8 Å². The van der Waals surface area contributed by atoms with E-state index >= 15 is 0 Å². The lowest BCUT2D eigenvalue weighted by Crippen LogP contribution is -2.05. The van der Waals surface area contributed by atoms with Crippen molar-refractivity contribution < 1.29 is 18.3 Å². The van der Waals surface area contributed by atoms with Gasteiger partial charge in [0.15, 0.2) is 17.5 Å². The van der Waals surface area contributed by atoms with Gasteiger partial charge >= 0.3 is 0 Å². The third kappa shape index (κ3) is 2.08. The first kappa shape index (κ1) is 12.1. The van der Waals surface area contributed by atoms with Crippen LogP contribution < -0.4 is 0 Å². The smallest absolute Gasteiger partial charge is 0.194 e. The average molecular weight is 258 g/mol. The molecule has 0 bridgehead atoms. The topological polar surface area (TPSA) is 20.2 Å². The monoisotopic (exact) mass is 258 g/mol. The van der Waals surface area contributed by atoms with Gasteiger partial charge in [0.05, 0.1) is 0 Å². The molecule has 90 valence electrons. The zero-order valence-electron chi connectivity index (χ0n) is 8.88. The quantitative estimate of drug-likeness (QED) is 0.817. The number of aliphatic hydroxyl groups excluding tert-OH is 1. The third-order valence-electron chi connectivity index (χ3n) is 2.55. The van der Waals surface area contributed by atoms with Gasteiger partial charge < -0.3 is 5.11 Å². The maximum absolute atomic E-state index is 13.5. The molecule has 1 atom stereocenters. The van der Waals surface area contributed by atoms with Crippen LogP contribution in [0.3, 0.4) is 0 Å². The fourth-order valence-electron chi connectivity index (χ4n) is 1.57. The summed E-state index contributed by atoms with van der Waals surface area (Å²) < 4.78 is 39.3. The molecular formula is C12H9F3OS. The molecule has 2 aromatic rings. The molecule has 0 fully saturated rings. The fraction of sp³-hybridized carbons (Fsp3) is 0.167. The van der Waals surface area contributed by atoms with Crippen LogP contribution in [0.25, 0.3) is 0 Å². The first-order valence-electron chi connectivity index (χ1n) is 4.86. The predicted octanol–water partition coefficient (Wildman–Crippen LogP) is 3.56. The van der Waals surface area contributed by atoms with Crippen molar-refractivity contribution >= 4 is 11.3 Å². The van der Waals surface area contributed by atoms with E-state index in [2.05, 4.69) is 0 Å². The molecule has 1 aromatic heterocycles. The molecule has 5 heteroatoms. The summed E-state index contributed by atoms with van der Waals surface area (Å²) in [5.41, 5.74) is 1.02. The highest BCUT2D eigenvalue weighted by molar-refractivity contribution is 7.08. The summed E-state index contributed by atoms with van der Waals surface area (Å²) in [5.74, 6) is -4.17. The second-order valence-corrected chi connectivity index (χ2v) is 4.42. The summed E-state index contributed by atoms with van der Waals surface area (Å²) in [6.45, 7) is 1.76. The largest absolute Gasteiger partial charge is 0.384 e. The highest BCUT2D eigenvalue weighted by Crippen LogP contribution is 2.30. The third-order valence-corrected chi connectivity index (χ3v) is 3.43. The zero-order valence-corrected chi connectivity index (χ0v) is 9.69. The number of aliphatic hydroxyl groups is 1. The number of benzene rings is 1. The van der Waals surface area contributed by atoms with E-state index in [9.17, 15) is 18.3 Å². The number of aryl methyl sites for hydroxylation is 1. The molecule has 1 N–H and O–H groups in total. The van der Waals surface area contributed by atoms with E-state index in [1.54, 1.807) is 17.7 Å². The fourth-order valence-corrected chi connectivity index (χ4v) is 2.44. The van der Waals surface area contributed by atoms with Crippen LogP contribution in [0, 0.1) is 24.4 Å². The minimum atomic E-state index is -1.56. The van der Waals surface area contributed by atoms with Crippen LogP contribution >= 0.6 is 11.3 Å². The van der Waals surface area contributed by atoms with E-state index in [1.165, 1.54) is 11.3 Å². The number of thiophene rings is 1. The first-order valence-corrected chi connectivity index (χ1v) is 5.80. The molecule has 0 amide bonds. The van der Waals surface area contributed by atoms with Gasteiger partial charge in [0.25, 0.3) is 0 Å². The Morgan fingerprint density at radius 2 is 1.76 bits per heavy atom. The van der Waals surface area contributed by atoms with Crippen molar-refractivity contribution in [2.24, 2.45) is 0 Å². The molecule has 1 nitrogen and oxygen atoms in total. The molecule has 0 saturated carbocycles. The molecule has 1 unspecified atom stereocenters. The van der Waals surface area contributed by atoms with Gasteiger partial charge in [0.2, 0.25) is 0 Å². The van der Waals surface area contributed by atoms with E-state index < -0.39 is 23.6 Å². The van der Waals surface area contributed by atoms with Gasteiger partial charge in [0.1, 0.15) is 6.10 Å². The number of hydrogen-bond acceptors (Lipinski definition) is 2. The van der Waals surface area contributed by atoms with Gasteiger partial charge in [-0.05, 0) is 34.9 Å². The molecule has 0 aliphatic heterocycles. The molecular weight excluding hydrogens is 249 g/mol. The SMILES string of the molecule is Cc1cscc1C(O)c1ccc(F)c(F)c1F. The Morgan fingerprint density at radius 1 is 1.06 bits per heavy atom. The summed E-state index contributed by atoms with van der Waals surface area (Å²) in [6.07, 6.45) is -1.28. The molecule has 1 aromatic carbocycles. The van der Waals surface area contributed by atoms with Gasteiger partial charge in [-0.3, -0.25) is 0 Å². The lowest BCUT2D eigenvalue weighted by molar-refractivity contribution is 0.212. The maximum atomic E-state index is 13.5. The van der Waals surface area contributed by atoms with E-state index in [1.807, 2.05) is 0 Å². The summed E-state index contributed by atoms with van der Waals surface area (Å²) in [7, 11) is 0. The predicted molar refractivity (Wildman–Crippen MR) is 59.4 cm³/mol. The Morgan fingerprint density at radius 3 is 2.35 bits per heavy atom. The minimum Gasteiger partial charge on any atom is -0.384 e. The van der Waals surface area contributed by atoms with Gasteiger partial charge in [-0.25, -0.2) is 13.2 Å². The van der Waals surface area contributed by atoms with Crippen molar-refractivity contribution in [3.63, 3.8) is 0 Å². The van der Waals surface area contributed by atoms with Gasteiger partial charge in [-0.1, -0.05) is 6.07 Å². The molecule has 17 heavy (non-hydrogen) atoms. The van der Waals surface area contributed by atoms with E-state index in [0.717, 1.165) is 17.7 Å². The molecule has 0 radical (unpaired) electrons. The van der Waals surface area contributed by atoms with Gasteiger partial charge in [0, 0.05) is 5.56 Å². The molecule has 2 rings (SSSR count). The van der Waals surface area contributed by atoms with Crippen molar-refractivity contribution in [3.05, 3.63) is 57.0 Å². The lowest BCUT2D eigenvalue weighted by Gasteiger charge is -2.12. The Kier molecular flexibility index (Phi) is 3.22. The second-order valence-electron chi connectivity index (χ2n) is 3.68. The Balaban J connectivity index is 2.48. The average Bonchev–Trinajstić information content (AvgIpc) is 2.72. The first-order chi connectivity index (χ1) is 8.02. The van der Waals surface area contributed by atoms with Crippen LogP contribution in [0.5, 0.6) is 0 Å². The molecule has 0 saturated heterocycles. The highest BCUT2D eigenvalue weighted by Gasteiger charge is 2.21. The van der Waals surface area contributed by atoms with E-state index in [4.69, 9.17) is 0 Å². The molecule has 1 heterocycles. The minimum absolute atomic E-state index is 0.259. The molecule has 0 spiro atoms. The van der Waals surface area contributed by atoms with Crippen LogP contribution in [-0.2, 0) is 0 Å². The van der Waals surface area contributed by atoms with Crippen molar-refractivity contribution in [2.45, 2.75) is 13.0 Å². The standard InChI is InChI=1S/C12H9F3OS/c1-6-4-17-5-8(6)12(16)7-2-3-9(13)11(15)10(7)14/h2-5,12,16H,1H3. The number of halogens is 3. The Hall–Kier alpha value is -1.33. The maximum Gasteiger partial charge on any atom is 0.194 e. The van der Waals surface area contributed by atoms with Crippen LogP contribution in [0.2, 0.25) is 0 Å². The highest BCUT2D eigenvalue weighted by atomic mass is 32.1. The molecule has 0 aliphatic carbocycles. The number of rotatable bonds is 2. The van der Waals surface area contributed by atoms with Gasteiger partial charge in [-0.2, -0.15) is 11.3 Å². The summed E-state index contributed by atoms with van der Waals surface area (Å²) in [6, 6.07) is 1.86. The zero-order chi connectivity index (χ0) is 12.6. The summed E-state index contributed by atoms with van der Waals surface area (Å²) in [4.78, 5) is 0. The summed E-state index contributed by atoms with van der Waals surface area (Å²) >= 11 is 1.35. The van der Waals surface area contributed by atoms with Gasteiger partial charge in [-0.15, -0.1) is 0 Å². The normalized spacial score (nSPS) is 12.8. The number of hydrogen-bond donors (Lipinski definition) is 1. The van der Waals surface area contributed by atoms with Crippen molar-refractivity contribution in [1.29, 1.82) is 0 Å². The van der Waals surface area contributed by atoms with Crippen LogP contribution in [0.15, 0.2) is 22.9 Å². The van der Waals surface area contributed by atoms with Crippen LogP contribution in [-0.4, -0.2) is 5.11 Å². The second kappa shape index (κ2) is 4.50. The Labute approximate surface area is 100 Å². The lowest BCUT2D eigenvalue weighted by atomic mass is 10.0. The van der Waals surface area contributed by atoms with E-state index in [-0.39, 0.29) is 5.56 Å². The summed E-state index contributed by atoms with van der Waals surface area (Å²) in [5, 5.41) is 13.4. The van der Waals surface area contributed by atoms with E-state index in [0.29, 0.717) is 5.56 Å².